The lowest BCUT2D eigenvalue weighted by atomic mass is 10.2. The maximum Gasteiger partial charge on any atom is 0.255 e. The standard InChI is InChI=1S/C29H25N5O3/c1-19-20(2)34(18-30-19)27-17-28(32-21(3)31-27)37-26-15-11-23(12-16-26)33-29(35)22-9-13-25(14-10-22)36-24-7-5-4-6-8-24/h4-18H,1-3H3,(H,33,35). The molecule has 37 heavy (non-hydrogen) atoms. The number of carbonyl (C=O) groups is 1. The number of aryl methyl sites for hydroxylation is 2. The van der Waals surface area contributed by atoms with E-state index in [0.717, 1.165) is 17.1 Å². The van der Waals surface area contributed by atoms with Crippen LogP contribution in [0.5, 0.6) is 23.1 Å². The lowest BCUT2D eigenvalue weighted by Crippen LogP contribution is -2.11. The van der Waals surface area contributed by atoms with E-state index in [2.05, 4.69) is 20.3 Å². The van der Waals surface area contributed by atoms with Crippen LogP contribution in [0.2, 0.25) is 0 Å². The van der Waals surface area contributed by atoms with Gasteiger partial charge in [-0.15, -0.1) is 0 Å². The van der Waals surface area contributed by atoms with E-state index in [-0.39, 0.29) is 5.91 Å². The van der Waals surface area contributed by atoms with E-state index < -0.39 is 0 Å². The average molecular weight is 492 g/mol. The van der Waals surface area contributed by atoms with Gasteiger partial charge in [0.1, 0.15) is 35.2 Å². The molecule has 0 unspecified atom stereocenters. The average Bonchev–Trinajstić information content (AvgIpc) is 3.24. The summed E-state index contributed by atoms with van der Waals surface area (Å²) >= 11 is 0. The van der Waals surface area contributed by atoms with Crippen molar-refractivity contribution >= 4 is 11.6 Å². The molecule has 0 saturated heterocycles. The highest BCUT2D eigenvalue weighted by atomic mass is 16.5. The molecular weight excluding hydrogens is 466 g/mol. The fourth-order valence-corrected chi connectivity index (χ4v) is 3.66. The van der Waals surface area contributed by atoms with Gasteiger partial charge in [0, 0.05) is 23.0 Å². The minimum absolute atomic E-state index is 0.220. The second-order valence-electron chi connectivity index (χ2n) is 8.42. The normalized spacial score (nSPS) is 10.7. The molecule has 0 fully saturated rings. The van der Waals surface area contributed by atoms with Gasteiger partial charge in [-0.05, 0) is 81.4 Å². The van der Waals surface area contributed by atoms with Crippen LogP contribution in [0, 0.1) is 20.8 Å². The van der Waals surface area contributed by atoms with E-state index in [4.69, 9.17) is 9.47 Å². The summed E-state index contributed by atoms with van der Waals surface area (Å²) in [5.41, 5.74) is 3.11. The van der Waals surface area contributed by atoms with E-state index in [1.807, 2.05) is 55.7 Å². The molecule has 0 aliphatic rings. The highest BCUT2D eigenvalue weighted by Gasteiger charge is 2.11. The van der Waals surface area contributed by atoms with Crippen LogP contribution in [-0.2, 0) is 0 Å². The maximum absolute atomic E-state index is 12.7. The molecule has 1 N–H and O–H groups in total. The predicted molar refractivity (Wildman–Crippen MR) is 141 cm³/mol. The second kappa shape index (κ2) is 10.3. The molecular formula is C29H25N5O3. The number of amides is 1. The lowest BCUT2D eigenvalue weighted by molar-refractivity contribution is 0.102. The quantitative estimate of drug-likeness (QED) is 0.282. The van der Waals surface area contributed by atoms with Crippen LogP contribution in [0.1, 0.15) is 27.6 Å². The number of nitrogens with zero attached hydrogens (tertiary/aromatic N) is 4. The third kappa shape index (κ3) is 5.65. The summed E-state index contributed by atoms with van der Waals surface area (Å²) in [6, 6.07) is 25.3. The Balaban J connectivity index is 1.23. The third-order valence-corrected chi connectivity index (χ3v) is 5.73. The van der Waals surface area contributed by atoms with Gasteiger partial charge in [0.15, 0.2) is 0 Å². The number of nitrogens with one attached hydrogen (secondary N) is 1. The van der Waals surface area contributed by atoms with Crippen LogP contribution >= 0.6 is 0 Å². The van der Waals surface area contributed by atoms with Gasteiger partial charge >= 0.3 is 0 Å². The van der Waals surface area contributed by atoms with Crippen molar-refractivity contribution in [1.82, 2.24) is 19.5 Å². The molecule has 1 amide bonds. The molecule has 0 radical (unpaired) electrons. The zero-order valence-electron chi connectivity index (χ0n) is 20.7. The first kappa shape index (κ1) is 23.7. The Labute approximate surface area is 214 Å². The molecule has 0 saturated carbocycles. The van der Waals surface area contributed by atoms with Crippen molar-refractivity contribution < 1.29 is 14.3 Å². The fraction of sp³-hybridized carbons (Fsp3) is 0.103. The van der Waals surface area contributed by atoms with Crippen LogP contribution in [-0.4, -0.2) is 25.4 Å². The highest BCUT2D eigenvalue weighted by molar-refractivity contribution is 6.04. The Morgan fingerprint density at radius 2 is 1.43 bits per heavy atom. The van der Waals surface area contributed by atoms with E-state index in [9.17, 15) is 4.79 Å². The number of ether oxygens (including phenoxy) is 2. The lowest BCUT2D eigenvalue weighted by Gasteiger charge is -2.11. The number of carbonyl (C=O) groups excluding carboxylic acids is 1. The number of imidazole rings is 1. The van der Waals surface area contributed by atoms with Gasteiger partial charge < -0.3 is 14.8 Å². The van der Waals surface area contributed by atoms with Crippen LogP contribution in [0.25, 0.3) is 5.82 Å². The van der Waals surface area contributed by atoms with Gasteiger partial charge in [0.2, 0.25) is 5.88 Å². The number of rotatable bonds is 7. The van der Waals surface area contributed by atoms with E-state index >= 15 is 0 Å². The predicted octanol–water partition coefficient (Wildman–Crippen LogP) is 6.42. The molecule has 0 atom stereocenters. The van der Waals surface area contributed by atoms with Crippen molar-refractivity contribution in [2.24, 2.45) is 0 Å². The molecule has 0 spiro atoms. The summed E-state index contributed by atoms with van der Waals surface area (Å²) in [7, 11) is 0. The molecule has 0 bridgehead atoms. The number of benzene rings is 3. The molecule has 2 heterocycles. The van der Waals surface area contributed by atoms with Gasteiger partial charge in [0.25, 0.3) is 5.91 Å². The van der Waals surface area contributed by atoms with E-state index in [1.165, 1.54) is 0 Å². The number of hydrogen-bond donors (Lipinski definition) is 1. The molecule has 8 heteroatoms. The summed E-state index contributed by atoms with van der Waals surface area (Å²) in [4.78, 5) is 25.9. The van der Waals surface area contributed by atoms with Crippen molar-refractivity contribution in [2.75, 3.05) is 5.32 Å². The minimum atomic E-state index is -0.220. The Kier molecular flexibility index (Phi) is 6.63. The smallest absolute Gasteiger partial charge is 0.255 e. The van der Waals surface area contributed by atoms with Crippen molar-refractivity contribution in [3.8, 4) is 28.9 Å². The Morgan fingerprint density at radius 1 is 0.784 bits per heavy atom. The summed E-state index contributed by atoms with van der Waals surface area (Å²) in [6.07, 6.45) is 1.73. The monoisotopic (exact) mass is 491 g/mol. The minimum Gasteiger partial charge on any atom is -0.457 e. The van der Waals surface area contributed by atoms with Gasteiger partial charge in [0.05, 0.1) is 5.69 Å². The first-order chi connectivity index (χ1) is 17.9. The largest absolute Gasteiger partial charge is 0.457 e. The van der Waals surface area contributed by atoms with E-state index in [0.29, 0.717) is 40.3 Å². The van der Waals surface area contributed by atoms with Crippen LogP contribution in [0.4, 0.5) is 5.69 Å². The van der Waals surface area contributed by atoms with Crippen molar-refractivity contribution in [1.29, 1.82) is 0 Å². The Hall–Kier alpha value is -4.98. The van der Waals surface area contributed by atoms with Gasteiger partial charge in [-0.2, -0.15) is 4.98 Å². The van der Waals surface area contributed by atoms with Crippen LogP contribution in [0.15, 0.2) is 91.3 Å². The molecule has 5 aromatic rings. The zero-order valence-corrected chi connectivity index (χ0v) is 20.7. The number of para-hydroxylation sites is 1. The number of hydrogen-bond acceptors (Lipinski definition) is 6. The summed E-state index contributed by atoms with van der Waals surface area (Å²) in [6.45, 7) is 5.75. The molecule has 2 aromatic heterocycles. The van der Waals surface area contributed by atoms with E-state index in [1.54, 1.807) is 60.9 Å². The maximum atomic E-state index is 12.7. The highest BCUT2D eigenvalue weighted by Crippen LogP contribution is 2.25. The fourth-order valence-electron chi connectivity index (χ4n) is 3.66. The summed E-state index contributed by atoms with van der Waals surface area (Å²) in [5.74, 6) is 3.45. The first-order valence-electron chi connectivity index (χ1n) is 11.7. The van der Waals surface area contributed by atoms with Gasteiger partial charge in [-0.1, -0.05) is 18.2 Å². The van der Waals surface area contributed by atoms with Crippen molar-refractivity contribution in [2.45, 2.75) is 20.8 Å². The van der Waals surface area contributed by atoms with Gasteiger partial charge in [-0.25, -0.2) is 9.97 Å². The SMILES string of the molecule is Cc1nc(Oc2ccc(NC(=O)c3ccc(Oc4ccccc4)cc3)cc2)cc(-n2cnc(C)c2C)n1. The topological polar surface area (TPSA) is 91.2 Å². The third-order valence-electron chi connectivity index (χ3n) is 5.73. The van der Waals surface area contributed by atoms with Crippen molar-refractivity contribution in [3.05, 3.63) is 114 Å². The summed E-state index contributed by atoms with van der Waals surface area (Å²) in [5, 5.41) is 2.90. The Morgan fingerprint density at radius 3 is 2.11 bits per heavy atom. The first-order valence-corrected chi connectivity index (χ1v) is 11.7. The second-order valence-corrected chi connectivity index (χ2v) is 8.42. The molecule has 184 valence electrons. The zero-order chi connectivity index (χ0) is 25.8. The van der Waals surface area contributed by atoms with Crippen LogP contribution < -0.4 is 14.8 Å². The molecule has 3 aromatic carbocycles. The molecule has 5 rings (SSSR count). The van der Waals surface area contributed by atoms with Crippen molar-refractivity contribution in [3.63, 3.8) is 0 Å². The van der Waals surface area contributed by atoms with Crippen LogP contribution in [0.3, 0.4) is 0 Å². The molecule has 0 aliphatic heterocycles. The molecule has 8 nitrogen and oxygen atoms in total. The summed E-state index contributed by atoms with van der Waals surface area (Å²) < 4.78 is 13.6. The number of anilines is 1. The Bertz CT molecular complexity index is 1530. The number of aromatic nitrogens is 4. The molecule has 0 aliphatic carbocycles. The van der Waals surface area contributed by atoms with Gasteiger partial charge in [-0.3, -0.25) is 9.36 Å².